The van der Waals surface area contributed by atoms with Gasteiger partial charge in [-0.1, -0.05) is 6.42 Å². The Morgan fingerprint density at radius 1 is 1.54 bits per heavy atom. The first-order chi connectivity index (χ1) is 6.18. The molecule has 0 aliphatic rings. The summed E-state index contributed by atoms with van der Waals surface area (Å²) in [5.74, 6) is -0.438. The van der Waals surface area contributed by atoms with Crippen molar-refractivity contribution in [2.24, 2.45) is 11.5 Å². The molecule has 0 aliphatic carbocycles. The van der Waals surface area contributed by atoms with Crippen LogP contribution >= 0.6 is 0 Å². The van der Waals surface area contributed by atoms with E-state index in [0.717, 1.165) is 19.4 Å². The summed E-state index contributed by atoms with van der Waals surface area (Å²) >= 11 is 0. The van der Waals surface area contributed by atoms with E-state index in [0.29, 0.717) is 13.0 Å². The number of amides is 1. The van der Waals surface area contributed by atoms with E-state index in [4.69, 9.17) is 16.9 Å². The fraction of sp³-hybridized carbons (Fsp3) is 0.750. The maximum absolute atomic E-state index is 10.5. The van der Waals surface area contributed by atoms with E-state index in [1.54, 1.807) is 0 Å². The van der Waals surface area contributed by atoms with E-state index in [9.17, 15) is 4.79 Å². The smallest absolute Gasteiger partial charge is 0.234 e. The third-order valence-electron chi connectivity index (χ3n) is 1.73. The minimum atomic E-state index is -0.511. The summed E-state index contributed by atoms with van der Waals surface area (Å²) in [5.41, 5.74) is 10.4. The molecule has 0 aliphatic heterocycles. The van der Waals surface area contributed by atoms with Crippen LogP contribution in [0.25, 0.3) is 0 Å². The second-order valence-corrected chi connectivity index (χ2v) is 2.91. The van der Waals surface area contributed by atoms with E-state index >= 15 is 0 Å². The van der Waals surface area contributed by atoms with Gasteiger partial charge in [0.15, 0.2) is 0 Å². The summed E-state index contributed by atoms with van der Waals surface area (Å²) in [6.07, 6.45) is 3.79. The van der Waals surface area contributed by atoms with Gasteiger partial charge in [-0.15, -0.1) is 0 Å². The second-order valence-electron chi connectivity index (χ2n) is 2.91. The van der Waals surface area contributed by atoms with Crippen LogP contribution in [0, 0.1) is 5.41 Å². The van der Waals surface area contributed by atoms with Crippen LogP contribution in [-0.4, -0.2) is 31.3 Å². The van der Waals surface area contributed by atoms with Gasteiger partial charge >= 0.3 is 0 Å². The second kappa shape index (κ2) is 7.70. The first-order valence-corrected chi connectivity index (χ1v) is 4.43. The Morgan fingerprint density at radius 3 is 2.77 bits per heavy atom. The Kier molecular flexibility index (Phi) is 7.14. The number of hydrogen-bond donors (Lipinski definition) is 4. The molecule has 0 saturated carbocycles. The van der Waals surface area contributed by atoms with Crippen LogP contribution in [0.2, 0.25) is 0 Å². The number of primary amides is 1. The van der Waals surface area contributed by atoms with Crippen molar-refractivity contribution in [3.63, 3.8) is 0 Å². The molecular weight excluding hydrogens is 168 g/mol. The van der Waals surface area contributed by atoms with Gasteiger partial charge in [-0.25, -0.2) is 0 Å². The molecule has 0 saturated heterocycles. The van der Waals surface area contributed by atoms with Crippen molar-refractivity contribution in [1.29, 1.82) is 5.41 Å². The van der Waals surface area contributed by atoms with Gasteiger partial charge in [0.2, 0.25) is 5.91 Å². The highest BCUT2D eigenvalue weighted by molar-refractivity contribution is 5.79. The summed E-state index contributed by atoms with van der Waals surface area (Å²) in [5, 5.41) is 9.78. The molecule has 0 aromatic heterocycles. The quantitative estimate of drug-likeness (QED) is 0.295. The monoisotopic (exact) mass is 186 g/mol. The molecule has 13 heavy (non-hydrogen) atoms. The maximum Gasteiger partial charge on any atom is 0.234 e. The molecule has 1 amide bonds. The van der Waals surface area contributed by atoms with E-state index in [1.165, 1.54) is 6.21 Å². The van der Waals surface area contributed by atoms with Crippen molar-refractivity contribution < 1.29 is 4.79 Å². The Labute approximate surface area is 78.4 Å². The third kappa shape index (κ3) is 7.42. The van der Waals surface area contributed by atoms with Crippen molar-refractivity contribution in [3.8, 4) is 0 Å². The molecule has 0 spiro atoms. The third-order valence-corrected chi connectivity index (χ3v) is 1.73. The van der Waals surface area contributed by atoms with Crippen LogP contribution in [0.1, 0.15) is 19.3 Å². The van der Waals surface area contributed by atoms with E-state index in [1.807, 2.05) is 0 Å². The minimum Gasteiger partial charge on any atom is -0.368 e. The maximum atomic E-state index is 10.5. The molecule has 0 rings (SSSR count). The number of carbonyl (C=O) groups is 1. The number of unbranched alkanes of at least 4 members (excludes halogenated alkanes) is 1. The molecule has 0 aromatic rings. The van der Waals surface area contributed by atoms with Crippen molar-refractivity contribution in [2.45, 2.75) is 25.3 Å². The Balaban J connectivity index is 3.15. The standard InChI is InChI=1S/C8H18N4O/c9-4-6-12-5-2-1-3-7(10)8(11)13/h4,7,9,12H,1-3,5-6,10H2,(H2,11,13)/t7-/m0/s1. The highest BCUT2D eigenvalue weighted by Gasteiger charge is 2.07. The number of rotatable bonds is 8. The van der Waals surface area contributed by atoms with E-state index in [-0.39, 0.29) is 0 Å². The van der Waals surface area contributed by atoms with Crippen LogP contribution in [-0.2, 0) is 4.79 Å². The number of nitrogens with one attached hydrogen (secondary N) is 2. The lowest BCUT2D eigenvalue weighted by Crippen LogP contribution is -2.36. The van der Waals surface area contributed by atoms with Gasteiger partial charge in [0.25, 0.3) is 0 Å². The molecule has 1 atom stereocenters. The van der Waals surface area contributed by atoms with Gasteiger partial charge in [0, 0.05) is 12.8 Å². The summed E-state index contributed by atoms with van der Waals surface area (Å²) < 4.78 is 0. The average molecular weight is 186 g/mol. The van der Waals surface area contributed by atoms with Crippen molar-refractivity contribution >= 4 is 12.1 Å². The molecule has 5 heteroatoms. The molecule has 5 nitrogen and oxygen atoms in total. The normalized spacial score (nSPS) is 12.4. The lowest BCUT2D eigenvalue weighted by Gasteiger charge is -2.06. The van der Waals surface area contributed by atoms with Gasteiger partial charge in [-0.05, 0) is 19.4 Å². The first kappa shape index (κ1) is 12.1. The van der Waals surface area contributed by atoms with Gasteiger partial charge in [-0.2, -0.15) is 0 Å². The first-order valence-electron chi connectivity index (χ1n) is 4.43. The average Bonchev–Trinajstić information content (AvgIpc) is 2.10. The lowest BCUT2D eigenvalue weighted by atomic mass is 10.1. The molecule has 0 radical (unpaired) electrons. The van der Waals surface area contributed by atoms with Crippen LogP contribution in [0.15, 0.2) is 0 Å². The molecule has 6 N–H and O–H groups in total. The molecule has 0 aromatic carbocycles. The number of nitrogens with two attached hydrogens (primary N) is 2. The summed E-state index contributed by atoms with van der Waals surface area (Å²) in [6, 6.07) is -0.511. The Hall–Kier alpha value is -0.940. The summed E-state index contributed by atoms with van der Waals surface area (Å²) in [7, 11) is 0. The van der Waals surface area contributed by atoms with E-state index < -0.39 is 11.9 Å². The predicted molar refractivity (Wildman–Crippen MR) is 52.7 cm³/mol. The van der Waals surface area contributed by atoms with Crippen LogP contribution in [0.4, 0.5) is 0 Å². The van der Waals surface area contributed by atoms with Crippen LogP contribution < -0.4 is 16.8 Å². The molecule has 0 fully saturated rings. The SMILES string of the molecule is N=CCNCCCC[C@H](N)C(N)=O. The molecule has 76 valence electrons. The minimum absolute atomic E-state index is 0.438. The highest BCUT2D eigenvalue weighted by Crippen LogP contribution is 1.97. The van der Waals surface area contributed by atoms with Crippen molar-refractivity contribution in [1.82, 2.24) is 5.32 Å². The lowest BCUT2D eigenvalue weighted by molar-refractivity contribution is -0.119. The van der Waals surface area contributed by atoms with Gasteiger partial charge in [-0.3, -0.25) is 4.79 Å². The zero-order chi connectivity index (χ0) is 10.1. The Morgan fingerprint density at radius 2 is 2.23 bits per heavy atom. The fourth-order valence-electron chi connectivity index (χ4n) is 0.931. The predicted octanol–water partition coefficient (Wildman–Crippen LogP) is -0.792. The van der Waals surface area contributed by atoms with Crippen LogP contribution in [0.3, 0.4) is 0 Å². The molecular formula is C8H18N4O. The molecule has 0 bridgehead atoms. The van der Waals surface area contributed by atoms with Gasteiger partial charge < -0.3 is 22.2 Å². The molecule has 0 unspecified atom stereocenters. The van der Waals surface area contributed by atoms with Crippen molar-refractivity contribution in [2.75, 3.05) is 13.1 Å². The Bertz CT molecular complexity index is 160. The summed E-state index contributed by atoms with van der Waals surface area (Å²) in [4.78, 5) is 10.5. The number of carbonyl (C=O) groups excluding carboxylic acids is 1. The van der Waals surface area contributed by atoms with Crippen molar-refractivity contribution in [3.05, 3.63) is 0 Å². The zero-order valence-electron chi connectivity index (χ0n) is 7.75. The van der Waals surface area contributed by atoms with Crippen LogP contribution in [0.5, 0.6) is 0 Å². The number of hydrogen-bond acceptors (Lipinski definition) is 4. The molecule has 0 heterocycles. The highest BCUT2D eigenvalue weighted by atomic mass is 16.1. The van der Waals surface area contributed by atoms with Gasteiger partial charge in [0.05, 0.1) is 6.04 Å². The topological polar surface area (TPSA) is 105 Å². The van der Waals surface area contributed by atoms with Gasteiger partial charge in [0.1, 0.15) is 0 Å². The fourth-order valence-corrected chi connectivity index (χ4v) is 0.931. The zero-order valence-corrected chi connectivity index (χ0v) is 7.75. The largest absolute Gasteiger partial charge is 0.368 e. The summed E-state index contributed by atoms with van der Waals surface area (Å²) in [6.45, 7) is 1.45. The van der Waals surface area contributed by atoms with E-state index in [2.05, 4.69) is 5.32 Å².